The topological polar surface area (TPSA) is 52.9 Å². The first-order valence-electron chi connectivity index (χ1n) is 5.62. The Kier molecular flexibility index (Phi) is 4.36. The monoisotopic (exact) mass is 344 g/mol. The van der Waals surface area contributed by atoms with Gasteiger partial charge in [-0.1, -0.05) is 0 Å². The van der Waals surface area contributed by atoms with E-state index in [2.05, 4.69) is 27.3 Å². The van der Waals surface area contributed by atoms with Crippen molar-refractivity contribution in [2.45, 2.75) is 24.8 Å². The number of nitrogens with one attached hydrogen (secondary N) is 1. The van der Waals surface area contributed by atoms with Crippen LogP contribution in [0.4, 0.5) is 0 Å². The van der Waals surface area contributed by atoms with E-state index in [-0.39, 0.29) is 11.8 Å². The molecule has 6 heteroatoms. The van der Waals surface area contributed by atoms with Gasteiger partial charge in [-0.25, -0.2) is 0 Å². The molecule has 0 saturated carbocycles. The van der Waals surface area contributed by atoms with Crippen LogP contribution in [0.3, 0.4) is 0 Å². The van der Waals surface area contributed by atoms with E-state index in [0.717, 1.165) is 20.8 Å². The second kappa shape index (κ2) is 5.64. The lowest BCUT2D eigenvalue weighted by Gasteiger charge is -2.23. The lowest BCUT2D eigenvalue weighted by Crippen LogP contribution is -2.48. The van der Waals surface area contributed by atoms with Crippen LogP contribution in [0.1, 0.15) is 24.1 Å². The Bertz CT molecular complexity index is 489. The molecule has 1 aliphatic rings. The lowest BCUT2D eigenvalue weighted by atomic mass is 9.99. The van der Waals surface area contributed by atoms with Gasteiger partial charge in [-0.3, -0.25) is 4.79 Å². The summed E-state index contributed by atoms with van der Waals surface area (Å²) < 4.78 is 1.02. The summed E-state index contributed by atoms with van der Waals surface area (Å²) in [7, 11) is 0. The molecule has 1 saturated heterocycles. The lowest BCUT2D eigenvalue weighted by molar-refractivity contribution is -0.123. The maximum atomic E-state index is 12.2. The van der Waals surface area contributed by atoms with Crippen molar-refractivity contribution >= 4 is 44.9 Å². The molecule has 2 heterocycles. The number of nitriles is 1. The summed E-state index contributed by atoms with van der Waals surface area (Å²) in [6, 6.07) is 6.15. The molecule has 1 aliphatic heterocycles. The fraction of sp³-hybridized carbons (Fsp3) is 0.500. The summed E-state index contributed by atoms with van der Waals surface area (Å²) >= 11 is 6.67. The average Bonchev–Trinajstić information content (AvgIpc) is 2.98. The molecule has 1 aromatic rings. The van der Waals surface area contributed by atoms with E-state index in [4.69, 9.17) is 0 Å². The normalized spacial score (nSPS) is 24.5. The highest BCUT2D eigenvalue weighted by Gasteiger charge is 2.37. The number of carbonyl (C=O) groups is 1. The number of thiophene rings is 1. The molecule has 0 unspecified atom stereocenters. The maximum absolute atomic E-state index is 12.2. The van der Waals surface area contributed by atoms with Gasteiger partial charge in [-0.05, 0) is 47.2 Å². The van der Waals surface area contributed by atoms with Crippen LogP contribution in [0.25, 0.3) is 0 Å². The first-order chi connectivity index (χ1) is 8.56. The summed E-state index contributed by atoms with van der Waals surface area (Å²) in [4.78, 5) is 13.2. The second-order valence-electron chi connectivity index (χ2n) is 4.35. The Morgan fingerprint density at radius 2 is 2.44 bits per heavy atom. The van der Waals surface area contributed by atoms with Gasteiger partial charge in [0.25, 0.3) is 0 Å². The predicted octanol–water partition coefficient (Wildman–Crippen LogP) is 3.13. The minimum Gasteiger partial charge on any atom is -0.337 e. The summed E-state index contributed by atoms with van der Waals surface area (Å²) in [5, 5.41) is 12.2. The summed E-state index contributed by atoms with van der Waals surface area (Å²) in [6.45, 7) is 1.88. The highest BCUT2D eigenvalue weighted by molar-refractivity contribution is 9.11. The molecule has 3 nitrogen and oxygen atoms in total. The molecule has 96 valence electrons. The molecule has 2 atom stereocenters. The van der Waals surface area contributed by atoms with Gasteiger partial charge in [0.05, 0.1) is 15.8 Å². The standard InChI is InChI=1S/C12H13BrN2OS2/c1-8(9-2-3-10(13)18-9)11(16)15-12(6-14)4-5-17-7-12/h2-3,8H,4-5,7H2,1H3,(H,15,16)/t8-,12+/m1/s1. The van der Waals surface area contributed by atoms with Crippen molar-refractivity contribution in [1.29, 1.82) is 5.26 Å². The first kappa shape index (κ1) is 13.9. The van der Waals surface area contributed by atoms with E-state index in [1.807, 2.05) is 19.1 Å². The van der Waals surface area contributed by atoms with Crippen molar-refractivity contribution in [3.05, 3.63) is 20.8 Å². The van der Waals surface area contributed by atoms with E-state index in [1.165, 1.54) is 0 Å². The Balaban J connectivity index is 2.06. The number of hydrogen-bond donors (Lipinski definition) is 1. The SMILES string of the molecule is C[C@@H](C(=O)N[C@]1(C#N)CCSC1)c1ccc(Br)s1. The smallest absolute Gasteiger partial charge is 0.229 e. The van der Waals surface area contributed by atoms with Crippen molar-refractivity contribution < 1.29 is 4.79 Å². The molecule has 0 aromatic carbocycles. The zero-order valence-electron chi connectivity index (χ0n) is 9.90. The van der Waals surface area contributed by atoms with Gasteiger partial charge in [0.2, 0.25) is 5.91 Å². The van der Waals surface area contributed by atoms with Crippen molar-refractivity contribution in [3.8, 4) is 6.07 Å². The summed E-state index contributed by atoms with van der Waals surface area (Å²) in [5.41, 5.74) is -0.662. The molecule has 1 aromatic heterocycles. The van der Waals surface area contributed by atoms with Crippen LogP contribution in [0.5, 0.6) is 0 Å². The van der Waals surface area contributed by atoms with E-state index >= 15 is 0 Å². The van der Waals surface area contributed by atoms with Crippen LogP contribution < -0.4 is 5.32 Å². The molecular formula is C12H13BrN2OS2. The van der Waals surface area contributed by atoms with Crippen LogP contribution in [-0.2, 0) is 4.79 Å². The third-order valence-electron chi connectivity index (χ3n) is 3.01. The third-order valence-corrected chi connectivity index (χ3v) is 6.01. The number of carbonyl (C=O) groups excluding carboxylic acids is 1. The van der Waals surface area contributed by atoms with Gasteiger partial charge in [0, 0.05) is 10.6 Å². The number of rotatable bonds is 3. The predicted molar refractivity (Wildman–Crippen MR) is 78.9 cm³/mol. The van der Waals surface area contributed by atoms with Crippen LogP contribution in [0.15, 0.2) is 15.9 Å². The van der Waals surface area contributed by atoms with Crippen molar-refractivity contribution in [3.63, 3.8) is 0 Å². The van der Waals surface area contributed by atoms with Crippen LogP contribution >= 0.6 is 39.0 Å². The van der Waals surface area contributed by atoms with E-state index in [0.29, 0.717) is 5.75 Å². The first-order valence-corrected chi connectivity index (χ1v) is 8.39. The minimum atomic E-state index is -0.662. The number of thioether (sulfide) groups is 1. The summed E-state index contributed by atoms with van der Waals surface area (Å²) in [6.07, 6.45) is 0.737. The second-order valence-corrected chi connectivity index (χ2v) is 7.95. The molecule has 0 spiro atoms. The molecule has 2 rings (SSSR count). The van der Waals surface area contributed by atoms with Gasteiger partial charge in [0.1, 0.15) is 5.54 Å². The Morgan fingerprint density at radius 3 is 2.94 bits per heavy atom. The van der Waals surface area contributed by atoms with Gasteiger partial charge in [-0.15, -0.1) is 11.3 Å². The van der Waals surface area contributed by atoms with E-state index in [1.54, 1.807) is 23.1 Å². The Hall–Kier alpha value is -0.510. The van der Waals surface area contributed by atoms with E-state index < -0.39 is 5.54 Å². The van der Waals surface area contributed by atoms with Gasteiger partial charge >= 0.3 is 0 Å². The van der Waals surface area contributed by atoms with Gasteiger partial charge in [0.15, 0.2) is 0 Å². The minimum absolute atomic E-state index is 0.0617. The zero-order chi connectivity index (χ0) is 13.2. The fourth-order valence-electron chi connectivity index (χ4n) is 1.81. The zero-order valence-corrected chi connectivity index (χ0v) is 13.1. The average molecular weight is 345 g/mol. The summed E-state index contributed by atoms with van der Waals surface area (Å²) in [5.74, 6) is 1.36. The van der Waals surface area contributed by atoms with Crippen molar-refractivity contribution in [2.24, 2.45) is 0 Å². The molecule has 0 aliphatic carbocycles. The van der Waals surface area contributed by atoms with Crippen molar-refractivity contribution in [1.82, 2.24) is 5.32 Å². The molecule has 0 radical (unpaired) electrons. The highest BCUT2D eigenvalue weighted by atomic mass is 79.9. The number of hydrogen-bond acceptors (Lipinski definition) is 4. The number of halogens is 1. The van der Waals surface area contributed by atoms with Crippen LogP contribution in [-0.4, -0.2) is 23.0 Å². The highest BCUT2D eigenvalue weighted by Crippen LogP contribution is 2.31. The van der Waals surface area contributed by atoms with Gasteiger partial charge < -0.3 is 5.32 Å². The molecule has 1 fully saturated rings. The number of nitrogens with zero attached hydrogens (tertiary/aromatic N) is 1. The largest absolute Gasteiger partial charge is 0.337 e. The number of amides is 1. The van der Waals surface area contributed by atoms with Crippen LogP contribution in [0.2, 0.25) is 0 Å². The van der Waals surface area contributed by atoms with Crippen LogP contribution in [0, 0.1) is 11.3 Å². The van der Waals surface area contributed by atoms with E-state index in [9.17, 15) is 10.1 Å². The molecule has 1 amide bonds. The van der Waals surface area contributed by atoms with Gasteiger partial charge in [-0.2, -0.15) is 17.0 Å². The Labute approximate surface area is 123 Å². The third kappa shape index (κ3) is 2.90. The molecule has 18 heavy (non-hydrogen) atoms. The Morgan fingerprint density at radius 1 is 1.67 bits per heavy atom. The van der Waals surface area contributed by atoms with Crippen molar-refractivity contribution in [2.75, 3.05) is 11.5 Å². The molecule has 0 bridgehead atoms. The maximum Gasteiger partial charge on any atom is 0.229 e. The molecular weight excluding hydrogens is 332 g/mol. The quantitative estimate of drug-likeness (QED) is 0.916. The fourth-order valence-corrected chi connectivity index (χ4v) is 4.55. The molecule has 1 N–H and O–H groups in total.